The van der Waals surface area contributed by atoms with Crippen LogP contribution in [0.3, 0.4) is 0 Å². The Bertz CT molecular complexity index is 171. The second-order valence-electron chi connectivity index (χ2n) is 3.38. The van der Waals surface area contributed by atoms with Crippen LogP contribution in [0.1, 0.15) is 20.3 Å². The van der Waals surface area contributed by atoms with Crippen molar-refractivity contribution in [2.75, 3.05) is 19.6 Å². The smallest absolute Gasteiger partial charge is 0.0712 e. The highest BCUT2D eigenvalue weighted by Gasteiger charge is 2.22. The molecule has 0 aliphatic carbocycles. The number of rotatable bonds is 2. The molecule has 12 heavy (non-hydrogen) atoms. The van der Waals surface area contributed by atoms with Crippen LogP contribution in [-0.2, 0) is 0 Å². The average Bonchev–Trinajstić information content (AvgIpc) is 2.10. The SMILES string of the molecule is C#CC(CC)N1CCNC[C@H]1C. The molecule has 1 aliphatic heterocycles. The Balaban J connectivity index is 2.53. The molecule has 0 saturated carbocycles. The summed E-state index contributed by atoms with van der Waals surface area (Å²) in [4.78, 5) is 2.41. The molecule has 0 amide bonds. The molecule has 0 bridgehead atoms. The van der Waals surface area contributed by atoms with E-state index in [-0.39, 0.29) is 0 Å². The van der Waals surface area contributed by atoms with Crippen molar-refractivity contribution in [3.8, 4) is 12.3 Å². The first-order valence-corrected chi connectivity index (χ1v) is 4.72. The minimum absolute atomic E-state index is 0.335. The van der Waals surface area contributed by atoms with Crippen LogP contribution in [0, 0.1) is 12.3 Å². The number of nitrogens with zero attached hydrogens (tertiary/aromatic N) is 1. The number of hydrogen-bond acceptors (Lipinski definition) is 2. The van der Waals surface area contributed by atoms with Crippen molar-refractivity contribution in [3.63, 3.8) is 0 Å². The predicted molar refractivity (Wildman–Crippen MR) is 51.9 cm³/mol. The third-order valence-corrected chi connectivity index (χ3v) is 2.53. The first kappa shape index (κ1) is 9.57. The summed E-state index contributed by atoms with van der Waals surface area (Å²) in [6.07, 6.45) is 6.52. The Morgan fingerprint density at radius 3 is 3.00 bits per heavy atom. The lowest BCUT2D eigenvalue weighted by Gasteiger charge is -2.37. The predicted octanol–water partition coefficient (Wildman–Crippen LogP) is 0.692. The second kappa shape index (κ2) is 4.49. The Labute approximate surface area is 75.3 Å². The molecule has 1 rings (SSSR count). The monoisotopic (exact) mass is 166 g/mol. The number of hydrogen-bond donors (Lipinski definition) is 1. The van der Waals surface area contributed by atoms with Crippen LogP contribution in [0.2, 0.25) is 0 Å². The molecule has 2 atom stereocenters. The molecule has 1 fully saturated rings. The van der Waals surface area contributed by atoms with Gasteiger partial charge in [0.2, 0.25) is 0 Å². The van der Waals surface area contributed by atoms with E-state index < -0.39 is 0 Å². The molecule has 1 saturated heterocycles. The summed E-state index contributed by atoms with van der Waals surface area (Å²) in [5.41, 5.74) is 0. The third kappa shape index (κ3) is 2.00. The molecule has 2 nitrogen and oxygen atoms in total. The van der Waals surface area contributed by atoms with E-state index in [4.69, 9.17) is 6.42 Å². The van der Waals surface area contributed by atoms with Crippen LogP contribution in [0.4, 0.5) is 0 Å². The molecule has 0 spiro atoms. The molecule has 1 N–H and O–H groups in total. The van der Waals surface area contributed by atoms with E-state index in [1.54, 1.807) is 0 Å². The maximum absolute atomic E-state index is 5.46. The van der Waals surface area contributed by atoms with E-state index in [1.165, 1.54) is 0 Å². The molecular weight excluding hydrogens is 148 g/mol. The van der Waals surface area contributed by atoms with Gasteiger partial charge in [0.1, 0.15) is 0 Å². The fourth-order valence-corrected chi connectivity index (χ4v) is 1.77. The van der Waals surface area contributed by atoms with Gasteiger partial charge in [-0.1, -0.05) is 12.8 Å². The topological polar surface area (TPSA) is 15.3 Å². The summed E-state index contributed by atoms with van der Waals surface area (Å²) in [7, 11) is 0. The number of piperazine rings is 1. The highest BCUT2D eigenvalue weighted by Crippen LogP contribution is 2.09. The van der Waals surface area contributed by atoms with Crippen molar-refractivity contribution in [1.29, 1.82) is 0 Å². The van der Waals surface area contributed by atoms with Crippen LogP contribution in [0.25, 0.3) is 0 Å². The fourth-order valence-electron chi connectivity index (χ4n) is 1.77. The van der Waals surface area contributed by atoms with Gasteiger partial charge in [0.05, 0.1) is 6.04 Å². The lowest BCUT2D eigenvalue weighted by Crippen LogP contribution is -2.53. The second-order valence-corrected chi connectivity index (χ2v) is 3.38. The average molecular weight is 166 g/mol. The van der Waals surface area contributed by atoms with Gasteiger partial charge in [0.25, 0.3) is 0 Å². The van der Waals surface area contributed by atoms with Crippen LogP contribution in [0.15, 0.2) is 0 Å². The third-order valence-electron chi connectivity index (χ3n) is 2.53. The quantitative estimate of drug-likeness (QED) is 0.607. The van der Waals surface area contributed by atoms with Crippen LogP contribution >= 0.6 is 0 Å². The zero-order chi connectivity index (χ0) is 8.97. The molecule has 0 aromatic carbocycles. The van der Waals surface area contributed by atoms with Crippen molar-refractivity contribution in [1.82, 2.24) is 10.2 Å². The number of nitrogens with one attached hydrogen (secondary N) is 1. The highest BCUT2D eigenvalue weighted by molar-refractivity contribution is 5.01. The van der Waals surface area contributed by atoms with Crippen molar-refractivity contribution in [3.05, 3.63) is 0 Å². The van der Waals surface area contributed by atoms with Crippen molar-refractivity contribution in [2.24, 2.45) is 0 Å². The Hall–Kier alpha value is -0.520. The first-order valence-electron chi connectivity index (χ1n) is 4.72. The lowest BCUT2D eigenvalue weighted by atomic mass is 10.1. The zero-order valence-electron chi connectivity index (χ0n) is 8.01. The minimum atomic E-state index is 0.335. The summed E-state index contributed by atoms with van der Waals surface area (Å²) in [6, 6.07) is 0.918. The van der Waals surface area contributed by atoms with Gasteiger partial charge in [-0.2, -0.15) is 0 Å². The standard InChI is InChI=1S/C10H18N2/c1-4-10(5-2)12-7-6-11-8-9(12)3/h1,9-11H,5-8H2,2-3H3/t9-,10?/m1/s1. The molecule has 68 valence electrons. The molecular formula is C10H18N2. The maximum atomic E-state index is 5.46. The zero-order valence-corrected chi connectivity index (χ0v) is 8.01. The summed E-state index contributed by atoms with van der Waals surface area (Å²) in [6.45, 7) is 7.61. The van der Waals surface area contributed by atoms with Gasteiger partial charge in [-0.25, -0.2) is 0 Å². The van der Waals surface area contributed by atoms with E-state index >= 15 is 0 Å². The first-order chi connectivity index (χ1) is 5.79. The van der Waals surface area contributed by atoms with Crippen LogP contribution < -0.4 is 5.32 Å². The maximum Gasteiger partial charge on any atom is 0.0712 e. The molecule has 1 aliphatic rings. The molecule has 0 radical (unpaired) electrons. The van der Waals surface area contributed by atoms with Gasteiger partial charge in [-0.15, -0.1) is 6.42 Å². The van der Waals surface area contributed by atoms with Gasteiger partial charge < -0.3 is 5.32 Å². The van der Waals surface area contributed by atoms with E-state index in [1.807, 2.05) is 0 Å². The van der Waals surface area contributed by atoms with Crippen molar-refractivity contribution >= 4 is 0 Å². The van der Waals surface area contributed by atoms with Gasteiger partial charge in [0.15, 0.2) is 0 Å². The normalized spacial score (nSPS) is 27.9. The Kier molecular flexibility index (Phi) is 3.58. The molecule has 0 aromatic rings. The largest absolute Gasteiger partial charge is 0.314 e. The van der Waals surface area contributed by atoms with Gasteiger partial charge in [-0.3, -0.25) is 4.90 Å². The van der Waals surface area contributed by atoms with Gasteiger partial charge >= 0.3 is 0 Å². The van der Waals surface area contributed by atoms with E-state index in [0.717, 1.165) is 26.1 Å². The highest BCUT2D eigenvalue weighted by atomic mass is 15.2. The van der Waals surface area contributed by atoms with Crippen LogP contribution in [0.5, 0.6) is 0 Å². The Morgan fingerprint density at radius 2 is 2.50 bits per heavy atom. The van der Waals surface area contributed by atoms with E-state index in [9.17, 15) is 0 Å². The van der Waals surface area contributed by atoms with Crippen LogP contribution in [-0.4, -0.2) is 36.6 Å². The molecule has 2 heteroatoms. The summed E-state index contributed by atoms with van der Waals surface area (Å²) < 4.78 is 0. The minimum Gasteiger partial charge on any atom is -0.314 e. The lowest BCUT2D eigenvalue weighted by molar-refractivity contribution is 0.142. The molecule has 1 unspecified atom stereocenters. The summed E-state index contributed by atoms with van der Waals surface area (Å²) in [5.74, 6) is 2.85. The number of terminal acetylenes is 1. The Morgan fingerprint density at radius 1 is 1.75 bits per heavy atom. The fraction of sp³-hybridized carbons (Fsp3) is 0.800. The summed E-state index contributed by atoms with van der Waals surface area (Å²) in [5, 5.41) is 3.36. The molecule has 1 heterocycles. The molecule has 0 aromatic heterocycles. The van der Waals surface area contributed by atoms with Crippen molar-refractivity contribution < 1.29 is 0 Å². The van der Waals surface area contributed by atoms with Gasteiger partial charge in [0, 0.05) is 25.7 Å². The van der Waals surface area contributed by atoms with E-state index in [2.05, 4.69) is 30.0 Å². The van der Waals surface area contributed by atoms with E-state index in [0.29, 0.717) is 12.1 Å². The van der Waals surface area contributed by atoms with Gasteiger partial charge in [-0.05, 0) is 13.3 Å². The summed E-state index contributed by atoms with van der Waals surface area (Å²) >= 11 is 0. The van der Waals surface area contributed by atoms with Crippen molar-refractivity contribution in [2.45, 2.75) is 32.4 Å².